The maximum absolute atomic E-state index is 12.1. The Balaban J connectivity index is 1.51. The number of halogens is 1. The van der Waals surface area contributed by atoms with E-state index in [0.717, 1.165) is 33.8 Å². The van der Waals surface area contributed by atoms with E-state index in [2.05, 4.69) is 21.2 Å². The molecule has 25 heavy (non-hydrogen) atoms. The molecular weight excluding hydrogens is 382 g/mol. The molecule has 1 N–H and O–H groups in total. The predicted molar refractivity (Wildman–Crippen MR) is 102 cm³/mol. The first kappa shape index (κ1) is 17.5. The average molecular weight is 402 g/mol. The molecular formula is C20H20BrNO3. The fourth-order valence-electron chi connectivity index (χ4n) is 2.67. The van der Waals surface area contributed by atoms with Crippen molar-refractivity contribution >= 4 is 32.6 Å². The molecule has 3 rings (SSSR count). The van der Waals surface area contributed by atoms with E-state index in [4.69, 9.17) is 9.15 Å². The highest BCUT2D eigenvalue weighted by Gasteiger charge is 2.11. The van der Waals surface area contributed by atoms with Crippen molar-refractivity contribution in [1.29, 1.82) is 0 Å². The topological polar surface area (TPSA) is 51.5 Å². The van der Waals surface area contributed by atoms with Crippen LogP contribution in [0.25, 0.3) is 10.8 Å². The molecule has 1 heterocycles. The lowest BCUT2D eigenvalue weighted by molar-refractivity contribution is -0.123. The molecule has 1 atom stereocenters. The number of carbonyl (C=O) groups excluding carboxylic acids is 1. The molecule has 4 nitrogen and oxygen atoms in total. The van der Waals surface area contributed by atoms with Crippen LogP contribution in [0.1, 0.15) is 19.1 Å². The minimum atomic E-state index is -0.132. The van der Waals surface area contributed by atoms with Gasteiger partial charge in [-0.3, -0.25) is 4.79 Å². The van der Waals surface area contributed by atoms with Crippen LogP contribution >= 0.6 is 15.9 Å². The van der Waals surface area contributed by atoms with E-state index in [1.807, 2.05) is 55.5 Å². The van der Waals surface area contributed by atoms with Gasteiger partial charge in [0.2, 0.25) is 0 Å². The maximum atomic E-state index is 12.1. The third-order valence-electron chi connectivity index (χ3n) is 4.00. The summed E-state index contributed by atoms with van der Waals surface area (Å²) in [4.78, 5) is 12.1. The maximum Gasteiger partial charge on any atom is 0.258 e. The van der Waals surface area contributed by atoms with E-state index in [9.17, 15) is 4.79 Å². The van der Waals surface area contributed by atoms with Gasteiger partial charge in [0.15, 0.2) is 6.61 Å². The number of fused-ring (bicyclic) bond motifs is 1. The molecule has 1 unspecified atom stereocenters. The summed E-state index contributed by atoms with van der Waals surface area (Å²) in [6, 6.07) is 15.8. The third-order valence-corrected chi connectivity index (χ3v) is 4.82. The monoisotopic (exact) mass is 401 g/mol. The highest BCUT2D eigenvalue weighted by atomic mass is 79.9. The number of nitrogens with one attached hydrogen (secondary N) is 1. The van der Waals surface area contributed by atoms with E-state index in [-0.39, 0.29) is 18.6 Å². The number of carbonyl (C=O) groups is 1. The molecule has 0 saturated heterocycles. The van der Waals surface area contributed by atoms with E-state index < -0.39 is 0 Å². The second kappa shape index (κ2) is 8.21. The van der Waals surface area contributed by atoms with Crippen LogP contribution in [0.5, 0.6) is 5.75 Å². The summed E-state index contributed by atoms with van der Waals surface area (Å²) in [5, 5.41) is 5.13. The summed E-state index contributed by atoms with van der Waals surface area (Å²) >= 11 is 3.56. The predicted octanol–water partition coefficient (Wildman–Crippen LogP) is 4.71. The van der Waals surface area contributed by atoms with Gasteiger partial charge in [0.1, 0.15) is 11.5 Å². The number of furan rings is 1. The molecule has 130 valence electrons. The number of amides is 1. The summed E-state index contributed by atoms with van der Waals surface area (Å²) in [6.07, 6.45) is 3.28. The lowest BCUT2D eigenvalue weighted by Gasteiger charge is -2.14. The van der Waals surface area contributed by atoms with Gasteiger partial charge in [-0.05, 0) is 58.2 Å². The van der Waals surface area contributed by atoms with Crippen LogP contribution in [0, 0.1) is 0 Å². The van der Waals surface area contributed by atoms with Crippen LogP contribution in [0.3, 0.4) is 0 Å². The Morgan fingerprint density at radius 2 is 2.04 bits per heavy atom. The van der Waals surface area contributed by atoms with Gasteiger partial charge < -0.3 is 14.5 Å². The van der Waals surface area contributed by atoms with Gasteiger partial charge in [-0.15, -0.1) is 0 Å². The molecule has 0 radical (unpaired) electrons. The minimum absolute atomic E-state index is 0.0119. The molecule has 5 heteroatoms. The summed E-state index contributed by atoms with van der Waals surface area (Å²) < 4.78 is 11.8. The molecule has 1 amide bonds. The number of rotatable bonds is 7. The van der Waals surface area contributed by atoms with Crippen molar-refractivity contribution in [2.75, 3.05) is 6.61 Å². The zero-order valence-electron chi connectivity index (χ0n) is 14.0. The first-order valence-electron chi connectivity index (χ1n) is 8.25. The van der Waals surface area contributed by atoms with Gasteiger partial charge in [-0.1, -0.05) is 30.3 Å². The number of aryl methyl sites for hydroxylation is 1. The standard InChI is InChI=1S/C20H20BrNO3/c1-14(8-10-16-6-4-12-24-16)22-19(23)13-25-18-11-9-15-5-2-3-7-17(15)20(18)21/h2-7,9,11-12,14H,8,10,13H2,1H3,(H,22,23). The zero-order valence-corrected chi connectivity index (χ0v) is 15.6. The largest absolute Gasteiger partial charge is 0.483 e. The zero-order chi connectivity index (χ0) is 17.6. The molecule has 0 aliphatic rings. The second-order valence-corrected chi connectivity index (χ2v) is 6.77. The molecule has 0 aliphatic carbocycles. The molecule has 0 aliphatic heterocycles. The molecule has 0 saturated carbocycles. The van der Waals surface area contributed by atoms with Crippen molar-refractivity contribution in [3.63, 3.8) is 0 Å². The summed E-state index contributed by atoms with van der Waals surface area (Å²) in [6.45, 7) is 1.97. The van der Waals surface area contributed by atoms with Gasteiger partial charge in [0, 0.05) is 12.5 Å². The summed E-state index contributed by atoms with van der Waals surface area (Å²) in [5.41, 5.74) is 0. The third kappa shape index (κ3) is 4.63. The van der Waals surface area contributed by atoms with Crippen molar-refractivity contribution < 1.29 is 13.9 Å². The SMILES string of the molecule is CC(CCc1ccco1)NC(=O)COc1ccc2ccccc2c1Br. The van der Waals surface area contributed by atoms with Crippen LogP contribution in [0.2, 0.25) is 0 Å². The number of benzene rings is 2. The van der Waals surface area contributed by atoms with E-state index >= 15 is 0 Å². The Morgan fingerprint density at radius 1 is 1.20 bits per heavy atom. The number of ether oxygens (including phenoxy) is 1. The van der Waals surface area contributed by atoms with Crippen LogP contribution in [0.15, 0.2) is 63.7 Å². The first-order valence-corrected chi connectivity index (χ1v) is 9.04. The van der Waals surface area contributed by atoms with Crippen molar-refractivity contribution in [3.8, 4) is 5.75 Å². The van der Waals surface area contributed by atoms with Crippen LogP contribution in [0.4, 0.5) is 0 Å². The van der Waals surface area contributed by atoms with Crippen molar-refractivity contribution in [3.05, 3.63) is 65.0 Å². The van der Waals surface area contributed by atoms with Gasteiger partial charge >= 0.3 is 0 Å². The fourth-order valence-corrected chi connectivity index (χ4v) is 3.28. The molecule has 0 fully saturated rings. The lowest BCUT2D eigenvalue weighted by Crippen LogP contribution is -2.36. The first-order chi connectivity index (χ1) is 12.1. The van der Waals surface area contributed by atoms with Crippen LogP contribution in [-0.4, -0.2) is 18.6 Å². The quantitative estimate of drug-likeness (QED) is 0.623. The Hall–Kier alpha value is -2.27. The van der Waals surface area contributed by atoms with Crippen molar-refractivity contribution in [2.24, 2.45) is 0 Å². The van der Waals surface area contributed by atoms with Gasteiger partial charge in [0.05, 0.1) is 10.7 Å². The van der Waals surface area contributed by atoms with E-state index in [0.29, 0.717) is 5.75 Å². The van der Waals surface area contributed by atoms with Crippen LogP contribution in [-0.2, 0) is 11.2 Å². The van der Waals surface area contributed by atoms with E-state index in [1.165, 1.54) is 0 Å². The highest BCUT2D eigenvalue weighted by molar-refractivity contribution is 9.10. The minimum Gasteiger partial charge on any atom is -0.483 e. The number of hydrogen-bond donors (Lipinski definition) is 1. The number of hydrogen-bond acceptors (Lipinski definition) is 3. The smallest absolute Gasteiger partial charge is 0.258 e. The van der Waals surface area contributed by atoms with E-state index in [1.54, 1.807) is 6.26 Å². The highest BCUT2D eigenvalue weighted by Crippen LogP contribution is 2.32. The van der Waals surface area contributed by atoms with Gasteiger partial charge in [0.25, 0.3) is 5.91 Å². The van der Waals surface area contributed by atoms with Crippen molar-refractivity contribution in [1.82, 2.24) is 5.32 Å². The Kier molecular flexibility index (Phi) is 5.76. The Labute approximate surface area is 155 Å². The summed E-state index contributed by atoms with van der Waals surface area (Å²) in [7, 11) is 0. The molecule has 1 aromatic heterocycles. The van der Waals surface area contributed by atoms with Gasteiger partial charge in [-0.2, -0.15) is 0 Å². The molecule has 2 aromatic carbocycles. The Bertz CT molecular complexity index is 845. The second-order valence-electron chi connectivity index (χ2n) is 5.97. The summed E-state index contributed by atoms with van der Waals surface area (Å²) in [5.74, 6) is 1.46. The van der Waals surface area contributed by atoms with Crippen molar-refractivity contribution in [2.45, 2.75) is 25.8 Å². The average Bonchev–Trinajstić information content (AvgIpc) is 3.13. The lowest BCUT2D eigenvalue weighted by atomic mass is 10.1. The molecule has 0 bridgehead atoms. The molecule has 0 spiro atoms. The Morgan fingerprint density at radius 3 is 2.84 bits per heavy atom. The molecule has 3 aromatic rings. The fraction of sp³-hybridized carbons (Fsp3) is 0.250. The van der Waals surface area contributed by atoms with Crippen LogP contribution < -0.4 is 10.1 Å². The van der Waals surface area contributed by atoms with Gasteiger partial charge in [-0.25, -0.2) is 0 Å². The normalized spacial score (nSPS) is 12.1.